The number of hydrogen-bond donors (Lipinski definition) is 5. The second-order valence-electron chi connectivity index (χ2n) is 12.3. The molecule has 0 bridgehead atoms. The molecule has 0 unspecified atom stereocenters. The summed E-state index contributed by atoms with van der Waals surface area (Å²) < 4.78 is 22.4. The van der Waals surface area contributed by atoms with Gasteiger partial charge in [0.1, 0.15) is 65.9 Å². The number of aromatic nitrogens is 2. The van der Waals surface area contributed by atoms with Crippen molar-refractivity contribution in [2.45, 2.75) is 55.7 Å². The van der Waals surface area contributed by atoms with Gasteiger partial charge in [0, 0.05) is 47.8 Å². The lowest BCUT2D eigenvalue weighted by atomic mass is 9.97. The minimum absolute atomic E-state index is 0.00112. The summed E-state index contributed by atoms with van der Waals surface area (Å²) in [6, 6.07) is 15.5. The average Bonchev–Trinajstić information content (AvgIpc) is 3.67. The molecule has 0 fully saturated rings. The number of nitrogens with two attached hydrogens (primary N) is 3. The van der Waals surface area contributed by atoms with Crippen molar-refractivity contribution < 1.29 is 37.8 Å². The first-order chi connectivity index (χ1) is 27.4. The van der Waals surface area contributed by atoms with Gasteiger partial charge >= 0.3 is 11.9 Å². The highest BCUT2D eigenvalue weighted by molar-refractivity contribution is 7.98. The Kier molecular flexibility index (Phi) is 16.2. The van der Waals surface area contributed by atoms with Gasteiger partial charge in [-0.1, -0.05) is 35.5 Å². The van der Waals surface area contributed by atoms with Crippen LogP contribution in [0.5, 0.6) is 5.75 Å². The number of amides is 2. The first kappa shape index (κ1) is 43.5. The van der Waals surface area contributed by atoms with Crippen LogP contribution in [0, 0.1) is 22.7 Å². The number of nitrogens with one attached hydrogen (secondary N) is 2. The van der Waals surface area contributed by atoms with Crippen molar-refractivity contribution >= 4 is 52.9 Å². The Bertz CT molecular complexity index is 2140. The number of nitriles is 2. The second-order valence-corrected chi connectivity index (χ2v) is 13.7. The van der Waals surface area contributed by atoms with Crippen LogP contribution in [0.3, 0.4) is 0 Å². The third-order valence-corrected chi connectivity index (χ3v) is 9.15. The number of esters is 2. The van der Waals surface area contributed by atoms with E-state index in [1.807, 2.05) is 6.07 Å². The molecule has 0 saturated heterocycles. The summed E-state index contributed by atoms with van der Waals surface area (Å²) in [4.78, 5) is 58.2. The molecule has 2 aromatic carbocycles. The van der Waals surface area contributed by atoms with Crippen LogP contribution in [-0.2, 0) is 34.4 Å². The third-order valence-electron chi connectivity index (χ3n) is 7.89. The molecule has 2 heterocycles. The molecule has 0 aliphatic heterocycles. The number of hydrogen-bond acceptors (Lipinski definition) is 16. The molecule has 2 aromatic heterocycles. The highest BCUT2D eigenvalue weighted by atomic mass is 35.5. The minimum Gasteiger partial charge on any atom is -0.490 e. The monoisotopic (exact) mass is 817 g/mol. The van der Waals surface area contributed by atoms with Crippen LogP contribution in [0.25, 0.3) is 22.6 Å². The summed E-state index contributed by atoms with van der Waals surface area (Å²) in [6.07, 6.45) is 0.361. The number of pyridine rings is 1. The third kappa shape index (κ3) is 12.4. The highest BCUT2D eigenvalue weighted by Crippen LogP contribution is 2.37. The molecule has 0 radical (unpaired) electrons. The molecule has 0 aliphatic carbocycles. The van der Waals surface area contributed by atoms with Crippen molar-refractivity contribution in [3.8, 4) is 40.5 Å². The van der Waals surface area contributed by atoms with Crippen LogP contribution in [0.15, 0.2) is 64.2 Å². The quantitative estimate of drug-likeness (QED) is 0.0671. The smallest absolute Gasteiger partial charge is 0.328 e. The number of carbonyl (C=O) groups excluding carboxylic acids is 4. The summed E-state index contributed by atoms with van der Waals surface area (Å²) >= 11 is 7.18. The van der Waals surface area contributed by atoms with Gasteiger partial charge in [-0.15, -0.1) is 0 Å². The van der Waals surface area contributed by atoms with E-state index in [-0.39, 0.29) is 71.6 Å². The molecule has 3 atom stereocenters. The van der Waals surface area contributed by atoms with Gasteiger partial charge in [-0.3, -0.25) is 9.59 Å². The van der Waals surface area contributed by atoms with E-state index in [9.17, 15) is 29.7 Å². The van der Waals surface area contributed by atoms with Gasteiger partial charge in [0.25, 0.3) is 0 Å². The summed E-state index contributed by atoms with van der Waals surface area (Å²) in [5.74, 6) is -1.64. The summed E-state index contributed by atoms with van der Waals surface area (Å²) in [5.41, 5.74) is 19.2. The maximum atomic E-state index is 12.9. The molecular formula is C38H40ClN9O8S. The van der Waals surface area contributed by atoms with Gasteiger partial charge in [0.05, 0.1) is 11.3 Å². The first-order valence-corrected chi connectivity index (χ1v) is 18.8. The summed E-state index contributed by atoms with van der Waals surface area (Å²) in [5, 5.41) is 26.1. The molecule has 57 heavy (non-hydrogen) atoms. The molecule has 8 N–H and O–H groups in total. The standard InChI is InChI=1S/C38H40ClN9O8S/c1-21(45-31(49)11-13-40)37(51)55-19-28(56-38(52)22(2)46-32(50)12-14-41)18-53-27-9-5-23(6-10-27)33-29(15-42)34(44)48-36(30(33)16-43)57-20-26-17-54-35(47-26)24-3-7-25(39)8-4-24/h3-10,17,21-22,28H,11-14,18-20,40-41H2,1-2H3,(H2,44,48)(H,45,49)(H,46,50)/t21-,22-,28-/m0/s1. The molecule has 2 amide bonds. The number of ether oxygens (including phenoxy) is 3. The predicted molar refractivity (Wildman–Crippen MR) is 209 cm³/mol. The largest absolute Gasteiger partial charge is 0.490 e. The Balaban J connectivity index is 1.49. The van der Waals surface area contributed by atoms with Crippen molar-refractivity contribution in [2.24, 2.45) is 11.5 Å². The van der Waals surface area contributed by atoms with E-state index in [1.165, 1.54) is 31.9 Å². The molecule has 4 rings (SSSR count). The number of halogens is 1. The number of anilines is 1. The second kappa shape index (κ2) is 21.2. The number of nitrogens with zero attached hydrogens (tertiary/aromatic N) is 4. The maximum Gasteiger partial charge on any atom is 0.328 e. The van der Waals surface area contributed by atoms with Crippen LogP contribution in [0.4, 0.5) is 5.82 Å². The molecule has 0 saturated carbocycles. The fourth-order valence-electron chi connectivity index (χ4n) is 5.03. The van der Waals surface area contributed by atoms with Crippen molar-refractivity contribution in [3.05, 3.63) is 76.6 Å². The number of carbonyl (C=O) groups is 4. The summed E-state index contributed by atoms with van der Waals surface area (Å²) in [7, 11) is 0. The van der Waals surface area contributed by atoms with Gasteiger partial charge in [0.15, 0.2) is 6.10 Å². The molecule has 17 nitrogen and oxygen atoms in total. The molecule has 298 valence electrons. The van der Waals surface area contributed by atoms with Gasteiger partial charge in [-0.25, -0.2) is 19.6 Å². The number of oxazole rings is 1. The summed E-state index contributed by atoms with van der Waals surface area (Å²) in [6.45, 7) is 2.27. The number of benzene rings is 2. The molecular weight excluding hydrogens is 778 g/mol. The van der Waals surface area contributed by atoms with Crippen LogP contribution in [0.2, 0.25) is 5.02 Å². The zero-order valence-electron chi connectivity index (χ0n) is 31.0. The van der Waals surface area contributed by atoms with E-state index < -0.39 is 48.5 Å². The van der Waals surface area contributed by atoms with Crippen LogP contribution >= 0.6 is 23.4 Å². The van der Waals surface area contributed by atoms with Gasteiger partial charge in [0.2, 0.25) is 17.7 Å². The molecule has 4 aromatic rings. The Hall–Kier alpha value is -6.18. The Morgan fingerprint density at radius 3 is 2.05 bits per heavy atom. The van der Waals surface area contributed by atoms with Crippen molar-refractivity contribution in [1.82, 2.24) is 20.6 Å². The van der Waals surface area contributed by atoms with Gasteiger partial charge in [-0.2, -0.15) is 10.5 Å². The van der Waals surface area contributed by atoms with E-state index in [4.69, 9.17) is 47.4 Å². The Morgan fingerprint density at radius 2 is 1.46 bits per heavy atom. The molecule has 19 heteroatoms. The zero-order valence-corrected chi connectivity index (χ0v) is 32.5. The van der Waals surface area contributed by atoms with E-state index in [2.05, 4.69) is 26.7 Å². The number of nitrogen functional groups attached to an aromatic ring is 1. The Morgan fingerprint density at radius 1 is 0.860 bits per heavy atom. The predicted octanol–water partition coefficient (Wildman–Crippen LogP) is 3.22. The van der Waals surface area contributed by atoms with E-state index >= 15 is 0 Å². The van der Waals surface area contributed by atoms with E-state index in [0.717, 1.165) is 5.56 Å². The molecule has 0 spiro atoms. The Labute approximate surface area is 337 Å². The first-order valence-electron chi connectivity index (χ1n) is 17.4. The zero-order chi connectivity index (χ0) is 41.5. The fraction of sp³-hybridized carbons (Fsp3) is 0.316. The highest BCUT2D eigenvalue weighted by Gasteiger charge is 2.26. The number of rotatable bonds is 19. The number of thioether (sulfide) groups is 1. The van der Waals surface area contributed by atoms with Crippen molar-refractivity contribution in [2.75, 3.05) is 32.0 Å². The van der Waals surface area contributed by atoms with Gasteiger partial charge in [-0.05, 0) is 55.8 Å². The van der Waals surface area contributed by atoms with Crippen molar-refractivity contribution in [1.29, 1.82) is 10.5 Å². The van der Waals surface area contributed by atoms with Gasteiger partial charge < -0.3 is 46.5 Å². The lowest BCUT2D eigenvalue weighted by Crippen LogP contribution is -2.44. The van der Waals surface area contributed by atoms with Crippen LogP contribution in [-0.4, -0.2) is 78.2 Å². The fourth-order valence-corrected chi connectivity index (χ4v) is 6.03. The maximum absolute atomic E-state index is 12.9. The van der Waals surface area contributed by atoms with Crippen molar-refractivity contribution in [3.63, 3.8) is 0 Å². The minimum atomic E-state index is -1.15. The van der Waals surface area contributed by atoms with E-state index in [1.54, 1.807) is 48.5 Å². The molecule has 0 aliphatic rings. The van der Waals surface area contributed by atoms with Crippen LogP contribution in [0.1, 0.15) is 43.5 Å². The average molecular weight is 818 g/mol. The topological polar surface area (TPSA) is 285 Å². The normalized spacial score (nSPS) is 12.3. The SMILES string of the molecule is C[C@H](NC(=O)CCN)C(=O)OC[C@H](COc1ccc(-c2c(C#N)c(N)nc(SCc3coc(-c4ccc(Cl)cc4)n3)c2C#N)cc1)OC(=O)[C@H](C)NC(=O)CCN. The lowest BCUT2D eigenvalue weighted by Gasteiger charge is -2.22. The lowest BCUT2D eigenvalue weighted by molar-refractivity contribution is -0.163. The van der Waals surface area contributed by atoms with Crippen LogP contribution < -0.4 is 32.6 Å². The van der Waals surface area contributed by atoms with E-state index in [0.29, 0.717) is 22.2 Å².